The third-order valence-electron chi connectivity index (χ3n) is 3.77. The number of halogens is 7. The summed E-state index contributed by atoms with van der Waals surface area (Å²) >= 11 is 3.05. The summed E-state index contributed by atoms with van der Waals surface area (Å²) in [5.41, 5.74) is 0.243. The van der Waals surface area contributed by atoms with Crippen LogP contribution in [0.4, 0.5) is 26.3 Å². The van der Waals surface area contributed by atoms with Crippen molar-refractivity contribution in [1.29, 1.82) is 0 Å². The van der Waals surface area contributed by atoms with Gasteiger partial charge in [0.1, 0.15) is 5.92 Å². The maximum Gasteiger partial charge on any atom is 0.364 e. The molecule has 0 bridgehead atoms. The number of rotatable bonds is 4. The van der Waals surface area contributed by atoms with Gasteiger partial charge in [-0.15, -0.1) is 11.3 Å². The predicted octanol–water partition coefficient (Wildman–Crippen LogP) is 6.52. The van der Waals surface area contributed by atoms with E-state index < -0.39 is 29.4 Å². The highest BCUT2D eigenvalue weighted by Gasteiger charge is 2.72. The molecule has 1 aromatic heterocycles. The van der Waals surface area contributed by atoms with Crippen LogP contribution in [0.3, 0.4) is 0 Å². The molecule has 0 nitrogen and oxygen atoms in total. The van der Waals surface area contributed by atoms with Crippen molar-refractivity contribution in [3.05, 3.63) is 30.5 Å². The predicted molar refractivity (Wildman–Crippen MR) is 82.3 cm³/mol. The Bertz CT molecular complexity index is 619. The van der Waals surface area contributed by atoms with Crippen molar-refractivity contribution in [2.24, 2.45) is 0 Å². The minimum Gasteiger partial charge on any atom is -0.208 e. The van der Waals surface area contributed by atoms with Crippen molar-refractivity contribution in [1.82, 2.24) is 0 Å². The Morgan fingerprint density at radius 3 is 2.23 bits per heavy atom. The molecule has 0 N–H and O–H groups in total. The maximum absolute atomic E-state index is 14.0. The molecule has 8 heteroatoms. The van der Waals surface area contributed by atoms with E-state index in [-0.39, 0.29) is 5.56 Å². The maximum atomic E-state index is 14.0. The number of alkyl halides is 4. The fourth-order valence-corrected chi connectivity index (χ4v) is 5.11. The standard InChI is InChI=1S/C14H13F6IS/c1-3-4-5-7-8(6(2)22-12(7)21)9-10(15)11(16)14(19,20)13(9,17)18/h9H,3-5H2,1-2H3. The van der Waals surface area contributed by atoms with E-state index in [9.17, 15) is 26.3 Å². The summed E-state index contributed by atoms with van der Waals surface area (Å²) in [7, 11) is 0. The summed E-state index contributed by atoms with van der Waals surface area (Å²) in [6.45, 7) is 3.36. The highest BCUT2D eigenvalue weighted by atomic mass is 127. The largest absolute Gasteiger partial charge is 0.364 e. The van der Waals surface area contributed by atoms with Gasteiger partial charge in [0.15, 0.2) is 5.83 Å². The average Bonchev–Trinajstić information content (AvgIpc) is 2.74. The molecule has 1 heterocycles. The van der Waals surface area contributed by atoms with Gasteiger partial charge in [0.25, 0.3) is 0 Å². The molecule has 0 aromatic carbocycles. The average molecular weight is 454 g/mol. The summed E-state index contributed by atoms with van der Waals surface area (Å²) in [6.07, 6.45) is 1.80. The molecule has 1 aromatic rings. The molecular weight excluding hydrogens is 441 g/mol. The molecule has 2 rings (SSSR count). The third kappa shape index (κ3) is 2.50. The Kier molecular flexibility index (Phi) is 4.93. The lowest BCUT2D eigenvalue weighted by molar-refractivity contribution is -0.189. The van der Waals surface area contributed by atoms with Crippen molar-refractivity contribution in [3.63, 3.8) is 0 Å². The molecule has 0 aliphatic heterocycles. The number of allylic oxidation sites excluding steroid dienone is 2. The van der Waals surface area contributed by atoms with Crippen LogP contribution in [0.25, 0.3) is 0 Å². The second-order valence-electron chi connectivity index (χ2n) is 5.22. The molecule has 0 spiro atoms. The lowest BCUT2D eigenvalue weighted by Crippen LogP contribution is -2.41. The summed E-state index contributed by atoms with van der Waals surface area (Å²) < 4.78 is 82.7. The van der Waals surface area contributed by atoms with Gasteiger partial charge in [-0.25, -0.2) is 8.78 Å². The van der Waals surface area contributed by atoms with Crippen LogP contribution in [0.5, 0.6) is 0 Å². The molecule has 1 aliphatic rings. The second kappa shape index (κ2) is 5.99. The van der Waals surface area contributed by atoms with Crippen molar-refractivity contribution in [2.75, 3.05) is 0 Å². The molecule has 0 fully saturated rings. The quantitative estimate of drug-likeness (QED) is 0.359. The van der Waals surface area contributed by atoms with E-state index in [1.807, 2.05) is 29.5 Å². The molecule has 124 valence electrons. The van der Waals surface area contributed by atoms with Crippen LogP contribution >= 0.6 is 33.9 Å². The van der Waals surface area contributed by atoms with E-state index in [1.165, 1.54) is 6.92 Å². The molecule has 1 unspecified atom stereocenters. The van der Waals surface area contributed by atoms with E-state index in [2.05, 4.69) is 0 Å². The first-order valence-corrected chi connectivity index (χ1v) is 8.55. The lowest BCUT2D eigenvalue weighted by atomic mass is 9.89. The van der Waals surface area contributed by atoms with Gasteiger partial charge in [-0.05, 0) is 53.5 Å². The van der Waals surface area contributed by atoms with E-state index in [1.54, 1.807) is 0 Å². The van der Waals surface area contributed by atoms with Gasteiger partial charge in [-0.1, -0.05) is 13.3 Å². The van der Waals surface area contributed by atoms with Gasteiger partial charge in [-0.2, -0.15) is 17.6 Å². The van der Waals surface area contributed by atoms with Gasteiger partial charge in [0.2, 0.25) is 5.83 Å². The van der Waals surface area contributed by atoms with Gasteiger partial charge in [0.05, 0.1) is 2.88 Å². The molecule has 0 amide bonds. The smallest absolute Gasteiger partial charge is 0.208 e. The van der Waals surface area contributed by atoms with Crippen LogP contribution in [0.15, 0.2) is 11.7 Å². The monoisotopic (exact) mass is 454 g/mol. The minimum atomic E-state index is -5.11. The van der Waals surface area contributed by atoms with Gasteiger partial charge >= 0.3 is 11.8 Å². The van der Waals surface area contributed by atoms with E-state index in [4.69, 9.17) is 0 Å². The summed E-state index contributed by atoms with van der Waals surface area (Å²) in [6, 6.07) is 0. The molecule has 0 radical (unpaired) electrons. The van der Waals surface area contributed by atoms with Gasteiger partial charge in [0, 0.05) is 4.88 Å². The molecule has 0 saturated heterocycles. The third-order valence-corrected chi connectivity index (χ3v) is 6.04. The number of aryl methyl sites for hydroxylation is 1. The number of thiophene rings is 1. The number of hydrogen-bond donors (Lipinski definition) is 0. The second-order valence-corrected chi connectivity index (χ2v) is 8.26. The van der Waals surface area contributed by atoms with Gasteiger partial charge < -0.3 is 0 Å². The molecule has 1 atom stereocenters. The first-order chi connectivity index (χ1) is 10.1. The normalized spacial score (nSPS) is 23.4. The number of unbranched alkanes of at least 4 members (excludes halogenated alkanes) is 1. The SMILES string of the molecule is CCCCc1c(I)sc(C)c1C1C(F)=C(F)C(F)(F)C1(F)F. The van der Waals surface area contributed by atoms with Crippen molar-refractivity contribution < 1.29 is 26.3 Å². The summed E-state index contributed by atoms with van der Waals surface area (Å²) in [4.78, 5) is 0.320. The van der Waals surface area contributed by atoms with Crippen LogP contribution in [-0.2, 0) is 6.42 Å². The Balaban J connectivity index is 2.62. The van der Waals surface area contributed by atoms with Crippen LogP contribution < -0.4 is 0 Å². The lowest BCUT2D eigenvalue weighted by Gasteiger charge is -2.25. The molecule has 1 aliphatic carbocycles. The number of hydrogen-bond acceptors (Lipinski definition) is 1. The topological polar surface area (TPSA) is 0 Å². The Morgan fingerprint density at radius 2 is 1.77 bits per heavy atom. The molecular formula is C14H13F6IS. The Morgan fingerprint density at radius 1 is 1.18 bits per heavy atom. The highest BCUT2D eigenvalue weighted by molar-refractivity contribution is 14.1. The van der Waals surface area contributed by atoms with Crippen molar-refractivity contribution >= 4 is 33.9 Å². The zero-order chi connectivity index (χ0) is 16.9. The first kappa shape index (κ1) is 18.1. The minimum absolute atomic E-state index is 0.183. The highest BCUT2D eigenvalue weighted by Crippen LogP contribution is 2.60. The van der Waals surface area contributed by atoms with E-state index >= 15 is 0 Å². The van der Waals surface area contributed by atoms with Crippen molar-refractivity contribution in [2.45, 2.75) is 50.9 Å². The Labute approximate surface area is 141 Å². The zero-order valence-corrected chi connectivity index (χ0v) is 14.7. The van der Waals surface area contributed by atoms with Crippen LogP contribution in [0.1, 0.15) is 41.7 Å². The molecule has 22 heavy (non-hydrogen) atoms. The fraction of sp³-hybridized carbons (Fsp3) is 0.571. The Hall–Kier alpha value is -0.250. The summed E-state index contributed by atoms with van der Waals surface area (Å²) in [5, 5.41) is 0. The first-order valence-electron chi connectivity index (χ1n) is 6.66. The van der Waals surface area contributed by atoms with E-state index in [0.717, 1.165) is 17.8 Å². The fourth-order valence-electron chi connectivity index (χ4n) is 2.60. The zero-order valence-electron chi connectivity index (χ0n) is 11.8. The summed E-state index contributed by atoms with van der Waals surface area (Å²) in [5.74, 6) is -17.2. The van der Waals surface area contributed by atoms with E-state index in [0.29, 0.717) is 26.2 Å². The van der Waals surface area contributed by atoms with Crippen LogP contribution in [0.2, 0.25) is 0 Å². The van der Waals surface area contributed by atoms with Crippen LogP contribution in [0, 0.1) is 9.81 Å². The van der Waals surface area contributed by atoms with Crippen LogP contribution in [-0.4, -0.2) is 11.8 Å². The van der Waals surface area contributed by atoms with Crippen molar-refractivity contribution in [3.8, 4) is 0 Å². The van der Waals surface area contributed by atoms with Gasteiger partial charge in [-0.3, -0.25) is 0 Å². The molecule has 0 saturated carbocycles.